The molecule has 0 spiro atoms. The van der Waals surface area contributed by atoms with Gasteiger partial charge in [-0.25, -0.2) is 0 Å². The van der Waals surface area contributed by atoms with Crippen LogP contribution in [0.4, 0.5) is 0 Å². The molecule has 12 heteroatoms. The summed E-state index contributed by atoms with van der Waals surface area (Å²) in [5, 5.41) is 45.2. The van der Waals surface area contributed by atoms with E-state index >= 15 is 0 Å². The van der Waals surface area contributed by atoms with Crippen LogP contribution in [-0.4, -0.2) is 79.9 Å². The first kappa shape index (κ1) is 34.0. The lowest BCUT2D eigenvalue weighted by Crippen LogP contribution is -2.67. The van der Waals surface area contributed by atoms with Crippen LogP contribution in [0.5, 0.6) is 0 Å². The molecule has 11 N–H and O–H groups in total. The molecule has 0 aromatic carbocycles. The average molecular weight is 519 g/mol. The molecule has 1 amide bonds. The number of aliphatic hydroxyl groups excluding tert-OH is 1. The lowest BCUT2D eigenvalue weighted by atomic mass is 9.66. The van der Waals surface area contributed by atoms with Crippen molar-refractivity contribution in [1.29, 1.82) is 0 Å². The van der Waals surface area contributed by atoms with Gasteiger partial charge in [0.2, 0.25) is 11.3 Å². The third-order valence-electron chi connectivity index (χ3n) is 6.22. The van der Waals surface area contributed by atoms with Crippen molar-refractivity contribution >= 4 is 23.4 Å². The van der Waals surface area contributed by atoms with Crippen molar-refractivity contribution in [3.63, 3.8) is 0 Å². The van der Waals surface area contributed by atoms with Gasteiger partial charge >= 0.3 is 5.97 Å². The molecule has 0 fully saturated rings. The second kappa shape index (κ2) is 13.5. The molecule has 0 aliphatic rings. The zero-order chi connectivity index (χ0) is 28.8. The fourth-order valence-corrected chi connectivity index (χ4v) is 3.96. The Balaban J connectivity index is 6.90. The Morgan fingerprint density at radius 2 is 1.33 bits per heavy atom. The Hall–Kier alpha value is -1.96. The molecular formula is C24H46N4O8. The summed E-state index contributed by atoms with van der Waals surface area (Å²) in [4.78, 5) is 52.2. The summed E-state index contributed by atoms with van der Waals surface area (Å²) in [5.74, 6) is -9.41. The number of hydrogen-bond donors (Lipinski definition) is 8. The van der Waals surface area contributed by atoms with Crippen molar-refractivity contribution in [1.82, 2.24) is 5.32 Å². The number of amides is 1. The Kier molecular flexibility index (Phi) is 12.8. The van der Waals surface area contributed by atoms with Gasteiger partial charge in [0.15, 0.2) is 17.4 Å². The molecule has 6 atom stereocenters. The lowest BCUT2D eigenvalue weighted by molar-refractivity contribution is -0.195. The number of ketones is 2. The molecule has 0 bridgehead atoms. The zero-order valence-electron chi connectivity index (χ0n) is 22.4. The van der Waals surface area contributed by atoms with Crippen LogP contribution in [-0.2, 0) is 19.2 Å². The van der Waals surface area contributed by atoms with E-state index in [-0.39, 0.29) is 24.7 Å². The van der Waals surface area contributed by atoms with Gasteiger partial charge in [-0.15, -0.1) is 0 Å². The predicted molar refractivity (Wildman–Crippen MR) is 133 cm³/mol. The van der Waals surface area contributed by atoms with Gasteiger partial charge in [0.25, 0.3) is 0 Å². The SMILES string of the molecule is CC(C)CC(NC(=O)[C@H](C)N)C(O)C(C(=O)O)(C(=O)CC(O)(O)C(N)CC(C)C)C(=O)[C@@H](N)C(C)C. The molecule has 0 aromatic heterocycles. The van der Waals surface area contributed by atoms with Crippen molar-refractivity contribution in [2.24, 2.45) is 40.4 Å². The third-order valence-corrected chi connectivity index (χ3v) is 6.22. The van der Waals surface area contributed by atoms with Crippen LogP contribution in [0.25, 0.3) is 0 Å². The quantitative estimate of drug-likeness (QED) is 0.0897. The van der Waals surface area contributed by atoms with Crippen LogP contribution in [0.1, 0.15) is 67.7 Å². The van der Waals surface area contributed by atoms with Gasteiger partial charge in [-0.2, -0.15) is 0 Å². The molecule has 0 saturated carbocycles. The number of carbonyl (C=O) groups is 4. The summed E-state index contributed by atoms with van der Waals surface area (Å²) >= 11 is 0. The van der Waals surface area contributed by atoms with Crippen LogP contribution in [0, 0.1) is 23.2 Å². The molecule has 0 aliphatic carbocycles. The second-order valence-electron chi connectivity index (χ2n) is 10.9. The van der Waals surface area contributed by atoms with Crippen LogP contribution in [0.15, 0.2) is 0 Å². The Morgan fingerprint density at radius 3 is 1.69 bits per heavy atom. The molecule has 4 unspecified atom stereocenters. The fraction of sp³-hybridized carbons (Fsp3) is 0.833. The highest BCUT2D eigenvalue weighted by Gasteiger charge is 2.62. The number of nitrogens with two attached hydrogens (primary N) is 3. The van der Waals surface area contributed by atoms with E-state index in [2.05, 4.69) is 5.32 Å². The van der Waals surface area contributed by atoms with E-state index in [0.29, 0.717) is 0 Å². The Morgan fingerprint density at radius 1 is 0.861 bits per heavy atom. The highest BCUT2D eigenvalue weighted by molar-refractivity contribution is 6.24. The predicted octanol–water partition coefficient (Wildman–Crippen LogP) is -1.14. The topological polar surface area (TPSA) is 239 Å². The first-order valence-corrected chi connectivity index (χ1v) is 12.2. The maximum atomic E-state index is 13.6. The minimum Gasteiger partial charge on any atom is -0.480 e. The van der Waals surface area contributed by atoms with E-state index in [1.54, 1.807) is 27.7 Å². The van der Waals surface area contributed by atoms with E-state index < -0.39 is 77.3 Å². The molecule has 210 valence electrons. The van der Waals surface area contributed by atoms with Crippen molar-refractivity contribution in [2.75, 3.05) is 0 Å². The molecular weight excluding hydrogens is 472 g/mol. The van der Waals surface area contributed by atoms with Crippen LogP contribution in [0.3, 0.4) is 0 Å². The molecule has 12 nitrogen and oxygen atoms in total. The molecule has 0 saturated heterocycles. The zero-order valence-corrected chi connectivity index (χ0v) is 22.4. The van der Waals surface area contributed by atoms with Gasteiger partial charge < -0.3 is 42.9 Å². The average Bonchev–Trinajstić information content (AvgIpc) is 2.70. The maximum absolute atomic E-state index is 13.6. The van der Waals surface area contributed by atoms with Crippen LogP contribution in [0.2, 0.25) is 0 Å². The molecule has 36 heavy (non-hydrogen) atoms. The Bertz CT molecular complexity index is 784. The molecule has 0 heterocycles. The largest absolute Gasteiger partial charge is 0.480 e. The number of carbonyl (C=O) groups excluding carboxylic acids is 3. The first-order chi connectivity index (χ1) is 16.2. The summed E-state index contributed by atoms with van der Waals surface area (Å²) in [6.45, 7) is 11.4. The standard InChI is InChI=1S/C24H46N4O8/c1-11(2)8-15(28-21(32)14(7)25)19(30)24(22(33)34,20(31)18(27)13(5)6)17(29)10-23(35,36)16(26)9-12(3)4/h11-16,18-19,30,35-36H,8-10,25-27H2,1-7H3,(H,28,32)(H,33,34)/t14-,15?,16?,18-,19?,24?/m0/s1. The Labute approximate surface area is 213 Å². The van der Waals surface area contributed by atoms with Crippen molar-refractivity contribution in [3.8, 4) is 0 Å². The summed E-state index contributed by atoms with van der Waals surface area (Å²) in [7, 11) is 0. The van der Waals surface area contributed by atoms with E-state index in [4.69, 9.17) is 17.2 Å². The number of rotatable bonds is 16. The van der Waals surface area contributed by atoms with Gasteiger partial charge in [-0.05, 0) is 37.5 Å². The highest BCUT2D eigenvalue weighted by atomic mass is 16.5. The normalized spacial score (nSPS) is 18.3. The first-order valence-electron chi connectivity index (χ1n) is 12.2. The van der Waals surface area contributed by atoms with Gasteiger partial charge in [-0.3, -0.25) is 19.2 Å². The molecule has 0 aliphatic heterocycles. The number of hydrogen-bond acceptors (Lipinski definition) is 10. The summed E-state index contributed by atoms with van der Waals surface area (Å²) in [6.07, 6.45) is -3.52. The summed E-state index contributed by atoms with van der Waals surface area (Å²) in [5.41, 5.74) is 14.2. The maximum Gasteiger partial charge on any atom is 0.327 e. The van der Waals surface area contributed by atoms with Crippen LogP contribution < -0.4 is 22.5 Å². The van der Waals surface area contributed by atoms with E-state index in [1.807, 2.05) is 0 Å². The monoisotopic (exact) mass is 518 g/mol. The number of aliphatic hydroxyl groups is 3. The van der Waals surface area contributed by atoms with Gasteiger partial charge in [-0.1, -0.05) is 41.5 Å². The number of carboxylic acid groups (broad SMARTS) is 1. The summed E-state index contributed by atoms with van der Waals surface area (Å²) in [6, 6.07) is -5.29. The second-order valence-corrected chi connectivity index (χ2v) is 10.9. The smallest absolute Gasteiger partial charge is 0.327 e. The third kappa shape index (κ3) is 8.29. The minimum atomic E-state index is -3.22. The van der Waals surface area contributed by atoms with Crippen LogP contribution >= 0.6 is 0 Å². The minimum absolute atomic E-state index is 0.0254. The number of Topliss-reactive ketones (excluding diaryl/α,β-unsaturated/α-hetero) is 2. The van der Waals surface area contributed by atoms with Gasteiger partial charge in [0, 0.05) is 0 Å². The van der Waals surface area contributed by atoms with E-state index in [0.717, 1.165) is 0 Å². The van der Waals surface area contributed by atoms with Crippen molar-refractivity contribution in [3.05, 3.63) is 0 Å². The summed E-state index contributed by atoms with van der Waals surface area (Å²) < 4.78 is 0. The number of nitrogens with one attached hydrogen (secondary N) is 1. The molecule has 0 rings (SSSR count). The van der Waals surface area contributed by atoms with Crippen molar-refractivity contribution < 1.29 is 39.6 Å². The van der Waals surface area contributed by atoms with Gasteiger partial charge in [0.1, 0.15) is 6.10 Å². The van der Waals surface area contributed by atoms with E-state index in [1.165, 1.54) is 20.8 Å². The lowest BCUT2D eigenvalue weighted by Gasteiger charge is -2.40. The number of carboxylic acids is 1. The molecule has 0 radical (unpaired) electrons. The molecule has 0 aromatic rings. The van der Waals surface area contributed by atoms with Gasteiger partial charge in [0.05, 0.1) is 30.6 Å². The number of aliphatic carboxylic acids is 1. The fourth-order valence-electron chi connectivity index (χ4n) is 3.96. The van der Waals surface area contributed by atoms with E-state index in [9.17, 15) is 39.6 Å². The van der Waals surface area contributed by atoms with Crippen molar-refractivity contribution in [2.45, 2.75) is 104 Å². The highest BCUT2D eigenvalue weighted by Crippen LogP contribution is 2.35.